The van der Waals surface area contributed by atoms with Crippen molar-refractivity contribution >= 4 is 16.9 Å². The summed E-state index contributed by atoms with van der Waals surface area (Å²) < 4.78 is 0. The maximum atomic E-state index is 4.91. The standard InChI is InChI=1S/C18H20N2S/c1-12-8-4-6-10-14(12)16-17(20-18(19-16)21-3)15-11-7-5-9-13(15)2/h4-11,16-17H,1-3H3,(H,19,20). The summed E-state index contributed by atoms with van der Waals surface area (Å²) in [4.78, 5) is 4.91. The van der Waals surface area contributed by atoms with Gasteiger partial charge in [0.05, 0.1) is 6.04 Å². The van der Waals surface area contributed by atoms with Crippen molar-refractivity contribution in [1.82, 2.24) is 5.32 Å². The van der Waals surface area contributed by atoms with Crippen LogP contribution in [0.15, 0.2) is 53.5 Å². The van der Waals surface area contributed by atoms with Gasteiger partial charge in [-0.3, -0.25) is 4.99 Å². The third kappa shape index (κ3) is 2.70. The van der Waals surface area contributed by atoms with E-state index < -0.39 is 0 Å². The van der Waals surface area contributed by atoms with E-state index in [0.717, 1.165) is 5.17 Å². The number of nitrogens with one attached hydrogen (secondary N) is 1. The molecule has 0 radical (unpaired) electrons. The zero-order valence-electron chi connectivity index (χ0n) is 12.6. The van der Waals surface area contributed by atoms with E-state index in [0.29, 0.717) is 0 Å². The van der Waals surface area contributed by atoms with E-state index >= 15 is 0 Å². The van der Waals surface area contributed by atoms with Gasteiger partial charge in [0.1, 0.15) is 6.04 Å². The number of nitrogens with zero attached hydrogens (tertiary/aromatic N) is 1. The molecule has 3 rings (SSSR count). The van der Waals surface area contributed by atoms with Crippen LogP contribution < -0.4 is 5.32 Å². The molecule has 1 heterocycles. The molecule has 0 bridgehead atoms. The number of rotatable bonds is 2. The average molecular weight is 296 g/mol. The summed E-state index contributed by atoms with van der Waals surface area (Å²) in [5.74, 6) is 0. The molecular formula is C18H20N2S. The summed E-state index contributed by atoms with van der Waals surface area (Å²) in [5, 5.41) is 4.61. The Balaban J connectivity index is 2.05. The van der Waals surface area contributed by atoms with Gasteiger partial charge in [0.2, 0.25) is 0 Å². The van der Waals surface area contributed by atoms with Crippen LogP contribution in [0.4, 0.5) is 0 Å². The summed E-state index contributed by atoms with van der Waals surface area (Å²) >= 11 is 1.68. The monoisotopic (exact) mass is 296 g/mol. The molecule has 0 spiro atoms. The molecule has 2 unspecified atom stereocenters. The molecule has 0 aromatic heterocycles. The first-order chi connectivity index (χ1) is 10.2. The van der Waals surface area contributed by atoms with Crippen molar-refractivity contribution in [2.24, 2.45) is 4.99 Å². The lowest BCUT2D eigenvalue weighted by atomic mass is 9.90. The van der Waals surface area contributed by atoms with Gasteiger partial charge in [-0.25, -0.2) is 0 Å². The molecule has 2 atom stereocenters. The molecule has 2 aromatic rings. The maximum Gasteiger partial charge on any atom is 0.157 e. The first kappa shape index (κ1) is 14.2. The van der Waals surface area contributed by atoms with Crippen molar-refractivity contribution < 1.29 is 0 Å². The van der Waals surface area contributed by atoms with Crippen LogP contribution in [0.5, 0.6) is 0 Å². The molecule has 1 aliphatic heterocycles. The Labute approximate surface area is 130 Å². The molecule has 21 heavy (non-hydrogen) atoms. The predicted octanol–water partition coefficient (Wildman–Crippen LogP) is 4.41. The Morgan fingerprint density at radius 2 is 1.48 bits per heavy atom. The first-order valence-electron chi connectivity index (χ1n) is 7.20. The third-order valence-corrected chi connectivity index (χ3v) is 4.68. The highest BCUT2D eigenvalue weighted by atomic mass is 32.2. The molecule has 1 N–H and O–H groups in total. The number of aliphatic imine (C=N–C) groups is 1. The third-order valence-electron chi connectivity index (χ3n) is 4.08. The van der Waals surface area contributed by atoms with Crippen LogP contribution in [0.1, 0.15) is 34.3 Å². The van der Waals surface area contributed by atoms with Crippen molar-refractivity contribution in [3.8, 4) is 0 Å². The maximum absolute atomic E-state index is 4.91. The van der Waals surface area contributed by atoms with E-state index in [1.165, 1.54) is 22.3 Å². The van der Waals surface area contributed by atoms with Crippen LogP contribution in [-0.4, -0.2) is 11.4 Å². The highest BCUT2D eigenvalue weighted by Gasteiger charge is 2.32. The highest BCUT2D eigenvalue weighted by Crippen LogP contribution is 2.39. The van der Waals surface area contributed by atoms with Crippen LogP contribution in [-0.2, 0) is 0 Å². The number of hydrogen-bond donors (Lipinski definition) is 1. The second-order valence-corrected chi connectivity index (χ2v) is 6.21. The predicted molar refractivity (Wildman–Crippen MR) is 91.9 cm³/mol. The Bertz CT molecular complexity index is 678. The summed E-state index contributed by atoms with van der Waals surface area (Å²) in [6.07, 6.45) is 2.07. The molecule has 1 aliphatic rings. The molecule has 0 saturated heterocycles. The van der Waals surface area contributed by atoms with Crippen molar-refractivity contribution in [2.75, 3.05) is 6.26 Å². The van der Waals surface area contributed by atoms with E-state index in [1.807, 2.05) is 0 Å². The lowest BCUT2D eigenvalue weighted by Crippen LogP contribution is -2.23. The van der Waals surface area contributed by atoms with Gasteiger partial charge in [-0.15, -0.1) is 0 Å². The van der Waals surface area contributed by atoms with Gasteiger partial charge >= 0.3 is 0 Å². The van der Waals surface area contributed by atoms with E-state index in [9.17, 15) is 0 Å². The van der Waals surface area contributed by atoms with E-state index in [4.69, 9.17) is 4.99 Å². The second-order valence-electron chi connectivity index (χ2n) is 5.42. The summed E-state index contributed by atoms with van der Waals surface area (Å²) in [6.45, 7) is 4.33. The molecule has 0 saturated carbocycles. The Morgan fingerprint density at radius 3 is 2.05 bits per heavy atom. The number of hydrogen-bond acceptors (Lipinski definition) is 3. The normalized spacial score (nSPS) is 21.0. The van der Waals surface area contributed by atoms with Crippen LogP contribution in [0.3, 0.4) is 0 Å². The Kier molecular flexibility index (Phi) is 4.02. The number of benzene rings is 2. The van der Waals surface area contributed by atoms with Gasteiger partial charge in [-0.05, 0) is 42.4 Å². The van der Waals surface area contributed by atoms with Crippen LogP contribution in [0, 0.1) is 13.8 Å². The molecule has 108 valence electrons. The van der Waals surface area contributed by atoms with Crippen molar-refractivity contribution in [3.05, 3.63) is 70.8 Å². The number of amidine groups is 1. The van der Waals surface area contributed by atoms with Gasteiger partial charge < -0.3 is 5.32 Å². The number of thioether (sulfide) groups is 1. The number of aryl methyl sites for hydroxylation is 2. The molecular weight excluding hydrogens is 276 g/mol. The molecule has 2 aromatic carbocycles. The lowest BCUT2D eigenvalue weighted by Gasteiger charge is -2.22. The quantitative estimate of drug-likeness (QED) is 0.888. The van der Waals surface area contributed by atoms with Crippen molar-refractivity contribution in [3.63, 3.8) is 0 Å². The fraction of sp³-hybridized carbons (Fsp3) is 0.278. The van der Waals surface area contributed by atoms with Crippen molar-refractivity contribution in [1.29, 1.82) is 0 Å². The SMILES string of the molecule is CSC1=NC(c2ccccc2C)C(c2ccccc2C)N1. The Morgan fingerprint density at radius 1 is 0.905 bits per heavy atom. The zero-order valence-corrected chi connectivity index (χ0v) is 13.4. The van der Waals surface area contributed by atoms with E-state index in [2.05, 4.69) is 74.0 Å². The zero-order chi connectivity index (χ0) is 14.8. The van der Waals surface area contributed by atoms with E-state index in [1.54, 1.807) is 11.8 Å². The average Bonchev–Trinajstić information content (AvgIpc) is 2.92. The van der Waals surface area contributed by atoms with Crippen LogP contribution in [0.2, 0.25) is 0 Å². The topological polar surface area (TPSA) is 24.4 Å². The first-order valence-corrected chi connectivity index (χ1v) is 8.42. The summed E-state index contributed by atoms with van der Waals surface area (Å²) in [5.41, 5.74) is 5.25. The fourth-order valence-electron chi connectivity index (χ4n) is 2.91. The molecule has 2 nitrogen and oxygen atoms in total. The van der Waals surface area contributed by atoms with Gasteiger partial charge in [-0.2, -0.15) is 0 Å². The summed E-state index contributed by atoms with van der Waals surface area (Å²) in [7, 11) is 0. The van der Waals surface area contributed by atoms with Gasteiger partial charge in [0.15, 0.2) is 5.17 Å². The minimum atomic E-state index is 0.148. The smallest absolute Gasteiger partial charge is 0.157 e. The molecule has 3 heteroatoms. The fourth-order valence-corrected chi connectivity index (χ4v) is 3.38. The van der Waals surface area contributed by atoms with Gasteiger partial charge in [0.25, 0.3) is 0 Å². The van der Waals surface area contributed by atoms with Crippen molar-refractivity contribution in [2.45, 2.75) is 25.9 Å². The van der Waals surface area contributed by atoms with Gasteiger partial charge in [0, 0.05) is 0 Å². The second kappa shape index (κ2) is 5.94. The molecule has 0 aliphatic carbocycles. The Hall–Kier alpha value is -1.74. The summed E-state index contributed by atoms with van der Waals surface area (Å²) in [6, 6.07) is 17.5. The minimum Gasteiger partial charge on any atom is -0.356 e. The largest absolute Gasteiger partial charge is 0.356 e. The van der Waals surface area contributed by atoms with Gasteiger partial charge in [-0.1, -0.05) is 60.3 Å². The lowest BCUT2D eigenvalue weighted by molar-refractivity contribution is 0.568. The van der Waals surface area contributed by atoms with E-state index in [-0.39, 0.29) is 12.1 Å². The highest BCUT2D eigenvalue weighted by molar-refractivity contribution is 8.13. The molecule has 0 amide bonds. The minimum absolute atomic E-state index is 0.148. The van der Waals surface area contributed by atoms with Crippen LogP contribution >= 0.6 is 11.8 Å². The van der Waals surface area contributed by atoms with Crippen LogP contribution in [0.25, 0.3) is 0 Å². The molecule has 0 fully saturated rings.